The summed E-state index contributed by atoms with van der Waals surface area (Å²) in [7, 11) is 0. The van der Waals surface area contributed by atoms with Crippen molar-refractivity contribution in [3.8, 4) is 12.3 Å². The highest BCUT2D eigenvalue weighted by Gasteiger charge is 2.18. The van der Waals surface area contributed by atoms with Crippen LogP contribution in [0.3, 0.4) is 0 Å². The van der Waals surface area contributed by atoms with Crippen molar-refractivity contribution in [2.75, 3.05) is 0 Å². The average Bonchev–Trinajstić information content (AvgIpc) is 2.28. The van der Waals surface area contributed by atoms with Gasteiger partial charge >= 0.3 is 5.97 Å². The minimum Gasteiger partial charge on any atom is -0.478 e. The van der Waals surface area contributed by atoms with E-state index in [9.17, 15) is 9.59 Å². The lowest BCUT2D eigenvalue weighted by Crippen LogP contribution is -2.42. The van der Waals surface area contributed by atoms with Crippen LogP contribution >= 0.6 is 0 Å². The Balaban J connectivity index is 2.84. The molecule has 0 saturated heterocycles. The lowest BCUT2D eigenvalue weighted by Gasteiger charge is -2.19. The molecule has 1 amide bonds. The van der Waals surface area contributed by atoms with Crippen LogP contribution in [0.2, 0.25) is 0 Å². The zero-order valence-corrected chi connectivity index (χ0v) is 10.4. The second kappa shape index (κ2) is 5.37. The summed E-state index contributed by atoms with van der Waals surface area (Å²) in [6.45, 7) is 3.40. The van der Waals surface area contributed by atoms with Crippen molar-refractivity contribution in [2.45, 2.75) is 25.8 Å². The Bertz CT molecular complexity index is 512. The van der Waals surface area contributed by atoms with Crippen molar-refractivity contribution >= 4 is 11.9 Å². The van der Waals surface area contributed by atoms with Crippen molar-refractivity contribution in [3.05, 3.63) is 35.4 Å². The molecule has 4 heteroatoms. The molecule has 2 N–H and O–H groups in total. The number of carbonyl (C=O) groups is 2. The van der Waals surface area contributed by atoms with Gasteiger partial charge in [-0.2, -0.15) is 0 Å². The Morgan fingerprint density at radius 3 is 2.56 bits per heavy atom. The van der Waals surface area contributed by atoms with E-state index in [2.05, 4.69) is 11.2 Å². The van der Waals surface area contributed by atoms with Crippen molar-refractivity contribution in [1.82, 2.24) is 5.32 Å². The van der Waals surface area contributed by atoms with E-state index < -0.39 is 11.5 Å². The molecule has 0 heterocycles. The second-order valence-corrected chi connectivity index (χ2v) is 4.46. The van der Waals surface area contributed by atoms with Crippen LogP contribution in [0.15, 0.2) is 24.3 Å². The van der Waals surface area contributed by atoms with Gasteiger partial charge in [-0.25, -0.2) is 4.79 Å². The molecule has 18 heavy (non-hydrogen) atoms. The summed E-state index contributed by atoms with van der Waals surface area (Å²) in [4.78, 5) is 22.7. The molecule has 0 spiro atoms. The molecule has 1 rings (SSSR count). The number of rotatable bonds is 4. The third-order valence-corrected chi connectivity index (χ3v) is 2.41. The molecule has 0 aliphatic rings. The Labute approximate surface area is 106 Å². The molecule has 0 bridgehead atoms. The first-order valence-electron chi connectivity index (χ1n) is 5.45. The average molecular weight is 245 g/mol. The van der Waals surface area contributed by atoms with E-state index in [0.29, 0.717) is 5.56 Å². The van der Waals surface area contributed by atoms with E-state index in [1.807, 2.05) is 0 Å². The molecule has 0 aliphatic carbocycles. The summed E-state index contributed by atoms with van der Waals surface area (Å²) in [5.41, 5.74) is -0.142. The lowest BCUT2D eigenvalue weighted by molar-refractivity contribution is -0.121. The second-order valence-electron chi connectivity index (χ2n) is 4.46. The SMILES string of the molecule is C#CC(C)(C)NC(=O)Cc1ccccc1C(=O)O. The smallest absolute Gasteiger partial charge is 0.335 e. The monoisotopic (exact) mass is 245 g/mol. The molecular formula is C14H15NO3. The van der Waals surface area contributed by atoms with Gasteiger partial charge in [0.25, 0.3) is 0 Å². The van der Waals surface area contributed by atoms with Gasteiger partial charge in [-0.3, -0.25) is 4.79 Å². The van der Waals surface area contributed by atoms with Crippen molar-refractivity contribution < 1.29 is 14.7 Å². The molecule has 0 aliphatic heterocycles. The van der Waals surface area contributed by atoms with E-state index >= 15 is 0 Å². The van der Waals surface area contributed by atoms with Crippen molar-refractivity contribution in [3.63, 3.8) is 0 Å². The number of amides is 1. The number of carbonyl (C=O) groups excluding carboxylic acids is 1. The van der Waals surface area contributed by atoms with Gasteiger partial charge in [0.1, 0.15) is 0 Å². The first-order chi connectivity index (χ1) is 8.35. The van der Waals surface area contributed by atoms with E-state index in [4.69, 9.17) is 11.5 Å². The molecule has 0 unspecified atom stereocenters. The first-order valence-corrected chi connectivity index (χ1v) is 5.45. The topological polar surface area (TPSA) is 66.4 Å². The van der Waals surface area contributed by atoms with Crippen molar-refractivity contribution in [1.29, 1.82) is 0 Å². The summed E-state index contributed by atoms with van der Waals surface area (Å²) in [6.07, 6.45) is 5.26. The number of nitrogens with one attached hydrogen (secondary N) is 1. The molecule has 94 valence electrons. The molecular weight excluding hydrogens is 230 g/mol. The van der Waals surface area contributed by atoms with Gasteiger partial charge in [0.05, 0.1) is 17.5 Å². The van der Waals surface area contributed by atoms with Gasteiger partial charge < -0.3 is 10.4 Å². The van der Waals surface area contributed by atoms with E-state index in [0.717, 1.165) is 0 Å². The number of carboxylic acids is 1. The van der Waals surface area contributed by atoms with E-state index in [-0.39, 0.29) is 17.9 Å². The van der Waals surface area contributed by atoms with Crippen LogP contribution in [-0.2, 0) is 11.2 Å². The molecule has 0 atom stereocenters. The minimum atomic E-state index is -1.05. The van der Waals surface area contributed by atoms with Crippen LogP contribution in [0.1, 0.15) is 29.8 Å². The van der Waals surface area contributed by atoms with Crippen LogP contribution in [0.4, 0.5) is 0 Å². The Morgan fingerprint density at radius 1 is 1.39 bits per heavy atom. The van der Waals surface area contributed by atoms with Crippen LogP contribution in [0.25, 0.3) is 0 Å². The molecule has 1 aromatic rings. The predicted octanol–water partition coefficient (Wildman–Crippen LogP) is 1.46. The lowest BCUT2D eigenvalue weighted by atomic mass is 10.0. The molecule has 0 aromatic heterocycles. The van der Waals surface area contributed by atoms with Crippen LogP contribution in [-0.4, -0.2) is 22.5 Å². The number of hydrogen-bond donors (Lipinski definition) is 2. The molecule has 0 radical (unpaired) electrons. The van der Waals surface area contributed by atoms with Gasteiger partial charge in [-0.1, -0.05) is 24.1 Å². The molecule has 4 nitrogen and oxygen atoms in total. The van der Waals surface area contributed by atoms with Crippen molar-refractivity contribution in [2.24, 2.45) is 0 Å². The third-order valence-electron chi connectivity index (χ3n) is 2.41. The highest BCUT2D eigenvalue weighted by atomic mass is 16.4. The Kier molecular flexibility index (Phi) is 4.11. The minimum absolute atomic E-state index is 0.00637. The van der Waals surface area contributed by atoms with Gasteiger partial charge in [0.15, 0.2) is 0 Å². The summed E-state index contributed by atoms with van der Waals surface area (Å²) in [5, 5.41) is 11.6. The highest BCUT2D eigenvalue weighted by Crippen LogP contribution is 2.10. The van der Waals surface area contributed by atoms with E-state index in [1.54, 1.807) is 32.0 Å². The normalized spacial score (nSPS) is 10.5. The number of carboxylic acid groups (broad SMARTS) is 1. The standard InChI is InChI=1S/C14H15NO3/c1-4-14(2,3)15-12(16)9-10-7-5-6-8-11(10)13(17)18/h1,5-8H,9H2,2-3H3,(H,15,16)(H,17,18). The van der Waals surface area contributed by atoms with Crippen LogP contribution in [0.5, 0.6) is 0 Å². The Morgan fingerprint density at radius 2 is 2.00 bits per heavy atom. The molecule has 0 saturated carbocycles. The summed E-state index contributed by atoms with van der Waals surface area (Å²) < 4.78 is 0. The summed E-state index contributed by atoms with van der Waals surface area (Å²) >= 11 is 0. The fourth-order valence-corrected chi connectivity index (χ4v) is 1.48. The molecule has 0 fully saturated rings. The van der Waals surface area contributed by atoms with E-state index in [1.165, 1.54) is 6.07 Å². The first kappa shape index (κ1) is 13.8. The number of terminal acetylenes is 1. The third kappa shape index (κ3) is 3.63. The number of benzene rings is 1. The maximum Gasteiger partial charge on any atom is 0.335 e. The quantitative estimate of drug-likeness (QED) is 0.789. The summed E-state index contributed by atoms with van der Waals surface area (Å²) in [5.74, 6) is 1.10. The maximum atomic E-state index is 11.8. The zero-order valence-electron chi connectivity index (χ0n) is 10.4. The summed E-state index contributed by atoms with van der Waals surface area (Å²) in [6, 6.07) is 6.40. The molecule has 1 aromatic carbocycles. The number of aromatic carboxylic acids is 1. The number of hydrogen-bond acceptors (Lipinski definition) is 2. The maximum absolute atomic E-state index is 11.8. The van der Waals surface area contributed by atoms with Crippen LogP contribution in [0, 0.1) is 12.3 Å². The Hall–Kier alpha value is -2.28. The largest absolute Gasteiger partial charge is 0.478 e. The predicted molar refractivity (Wildman–Crippen MR) is 68.2 cm³/mol. The van der Waals surface area contributed by atoms with Gasteiger partial charge in [-0.15, -0.1) is 6.42 Å². The zero-order chi connectivity index (χ0) is 13.8. The fraction of sp³-hybridized carbons (Fsp3) is 0.286. The van der Waals surface area contributed by atoms with Crippen LogP contribution < -0.4 is 5.32 Å². The highest BCUT2D eigenvalue weighted by molar-refractivity contribution is 5.91. The fourth-order valence-electron chi connectivity index (χ4n) is 1.48. The van der Waals surface area contributed by atoms with Gasteiger partial charge in [-0.05, 0) is 25.5 Å². The van der Waals surface area contributed by atoms with Gasteiger partial charge in [0.2, 0.25) is 5.91 Å². The van der Waals surface area contributed by atoms with Gasteiger partial charge in [0, 0.05) is 0 Å².